The first kappa shape index (κ1) is 22.1. The van der Waals surface area contributed by atoms with Crippen LogP contribution in [0.4, 0.5) is 0 Å². The lowest BCUT2D eigenvalue weighted by Gasteiger charge is -2.25. The summed E-state index contributed by atoms with van der Waals surface area (Å²) in [4.78, 5) is 18.7. The molecule has 1 unspecified atom stereocenters. The zero-order chi connectivity index (χ0) is 23.9. The quantitative estimate of drug-likeness (QED) is 0.623. The van der Waals surface area contributed by atoms with Crippen molar-refractivity contribution in [3.8, 4) is 34.7 Å². The van der Waals surface area contributed by atoms with Crippen LogP contribution in [-0.2, 0) is 16.6 Å². The van der Waals surface area contributed by atoms with Crippen molar-refractivity contribution in [1.29, 1.82) is 5.26 Å². The fourth-order valence-corrected chi connectivity index (χ4v) is 5.26. The maximum Gasteiger partial charge on any atom is 0.258 e. The van der Waals surface area contributed by atoms with Gasteiger partial charge in [0, 0.05) is 29.6 Å². The predicted molar refractivity (Wildman–Crippen MR) is 126 cm³/mol. The molecule has 3 aromatic rings. The van der Waals surface area contributed by atoms with E-state index < -0.39 is 0 Å². The molecule has 1 atom stereocenters. The molecule has 174 valence electrons. The lowest BCUT2D eigenvalue weighted by atomic mass is 9.81. The number of hydrogen-bond donors (Lipinski definition) is 1. The number of nitriles is 1. The van der Waals surface area contributed by atoms with Gasteiger partial charge in [-0.1, -0.05) is 23.4 Å². The van der Waals surface area contributed by atoms with Crippen molar-refractivity contribution in [2.45, 2.75) is 44.6 Å². The van der Waals surface area contributed by atoms with Crippen molar-refractivity contribution in [3.05, 3.63) is 53.1 Å². The monoisotopic (exact) mass is 457 g/mol. The molecule has 1 saturated heterocycles. The molecule has 8 nitrogen and oxygen atoms in total. The van der Waals surface area contributed by atoms with E-state index in [-0.39, 0.29) is 24.0 Å². The van der Waals surface area contributed by atoms with Crippen molar-refractivity contribution in [1.82, 2.24) is 15.0 Å². The van der Waals surface area contributed by atoms with Crippen LogP contribution in [0.15, 0.2) is 40.9 Å². The third-order valence-corrected chi connectivity index (χ3v) is 6.86. The van der Waals surface area contributed by atoms with Gasteiger partial charge >= 0.3 is 0 Å². The third-order valence-electron chi connectivity index (χ3n) is 6.86. The first-order chi connectivity index (χ1) is 16.4. The van der Waals surface area contributed by atoms with Gasteiger partial charge < -0.3 is 19.9 Å². The number of hydrogen-bond acceptors (Lipinski definition) is 7. The summed E-state index contributed by atoms with van der Waals surface area (Å²) < 4.78 is 11.3. The van der Waals surface area contributed by atoms with Crippen molar-refractivity contribution >= 4 is 5.91 Å². The Morgan fingerprint density at radius 3 is 2.94 bits per heavy atom. The number of carbonyl (C=O) groups excluding carboxylic acids is 1. The summed E-state index contributed by atoms with van der Waals surface area (Å²) in [7, 11) is 0. The molecule has 1 fully saturated rings. The lowest BCUT2D eigenvalue weighted by Crippen LogP contribution is -2.37. The lowest BCUT2D eigenvalue weighted by molar-refractivity contribution is -0.128. The van der Waals surface area contributed by atoms with Crippen molar-refractivity contribution in [2.24, 2.45) is 5.73 Å². The SMILES string of the molecule is CC(C)Oc1ccc(-c2nc(-c3cccc4c3CCC43CCN(C(=O)CN)C3)no2)cc1C#N. The molecule has 0 radical (unpaired) electrons. The molecule has 1 aliphatic carbocycles. The van der Waals surface area contributed by atoms with Crippen LogP contribution < -0.4 is 10.5 Å². The normalized spacial score (nSPS) is 19.0. The van der Waals surface area contributed by atoms with E-state index >= 15 is 0 Å². The predicted octanol–water partition coefficient (Wildman–Crippen LogP) is 3.44. The molecular weight excluding hydrogens is 430 g/mol. The maximum absolute atomic E-state index is 12.2. The molecule has 2 N–H and O–H groups in total. The molecule has 1 spiro atoms. The standard InChI is InChI=1S/C26H27N5O3/c1-16(2)33-22-7-6-17(12-18(22)13-27)25-29-24(30-34-25)20-4-3-5-21-19(20)8-9-26(21)10-11-31(15-26)23(32)14-28/h3-7,12,16H,8-11,14-15,28H2,1-2H3. The second-order valence-electron chi connectivity index (χ2n) is 9.29. The molecule has 5 rings (SSSR count). The van der Waals surface area contributed by atoms with E-state index in [1.165, 1.54) is 11.1 Å². The van der Waals surface area contributed by atoms with Gasteiger partial charge in [-0.25, -0.2) is 0 Å². The van der Waals surface area contributed by atoms with Gasteiger partial charge in [-0.3, -0.25) is 4.79 Å². The summed E-state index contributed by atoms with van der Waals surface area (Å²) in [5, 5.41) is 13.8. The van der Waals surface area contributed by atoms with Gasteiger partial charge in [-0.15, -0.1) is 0 Å². The Morgan fingerprint density at radius 2 is 2.18 bits per heavy atom. The average Bonchev–Trinajstić information content (AvgIpc) is 3.58. The Hall–Kier alpha value is -3.70. The minimum atomic E-state index is -0.0311. The first-order valence-electron chi connectivity index (χ1n) is 11.6. The van der Waals surface area contributed by atoms with Crippen molar-refractivity contribution in [2.75, 3.05) is 19.6 Å². The fraction of sp³-hybridized carbons (Fsp3) is 0.385. The molecule has 2 heterocycles. The Morgan fingerprint density at radius 1 is 1.32 bits per heavy atom. The van der Waals surface area contributed by atoms with E-state index in [0.29, 0.717) is 35.1 Å². The fourth-order valence-electron chi connectivity index (χ4n) is 5.26. The number of nitrogens with zero attached hydrogens (tertiary/aromatic N) is 4. The zero-order valence-corrected chi connectivity index (χ0v) is 19.4. The van der Waals surface area contributed by atoms with E-state index in [1.807, 2.05) is 36.9 Å². The largest absolute Gasteiger partial charge is 0.490 e. The smallest absolute Gasteiger partial charge is 0.258 e. The molecule has 0 bridgehead atoms. The van der Waals surface area contributed by atoms with E-state index in [4.69, 9.17) is 15.0 Å². The van der Waals surface area contributed by atoms with Crippen LogP contribution in [0.25, 0.3) is 22.8 Å². The number of nitrogens with two attached hydrogens (primary N) is 1. The Labute approximate surface area is 198 Å². The maximum atomic E-state index is 12.2. The van der Waals surface area contributed by atoms with Crippen LogP contribution in [-0.4, -0.2) is 46.7 Å². The first-order valence-corrected chi connectivity index (χ1v) is 11.6. The van der Waals surface area contributed by atoms with Gasteiger partial charge in [0.05, 0.1) is 18.2 Å². The Balaban J connectivity index is 1.45. The van der Waals surface area contributed by atoms with Crippen LogP contribution in [0.5, 0.6) is 5.75 Å². The number of likely N-dealkylation sites (tertiary alicyclic amines) is 1. The summed E-state index contributed by atoms with van der Waals surface area (Å²) >= 11 is 0. The minimum Gasteiger partial charge on any atom is -0.490 e. The molecule has 1 amide bonds. The summed E-state index contributed by atoms with van der Waals surface area (Å²) in [6, 6.07) is 13.7. The van der Waals surface area contributed by atoms with Crippen LogP contribution in [0.3, 0.4) is 0 Å². The molecule has 2 aliphatic rings. The molecule has 0 saturated carbocycles. The molecule has 1 aromatic heterocycles. The highest BCUT2D eigenvalue weighted by molar-refractivity contribution is 5.79. The van der Waals surface area contributed by atoms with Gasteiger partial charge in [0.25, 0.3) is 5.89 Å². The van der Waals surface area contributed by atoms with Crippen LogP contribution in [0.1, 0.15) is 43.4 Å². The Kier molecular flexibility index (Phi) is 5.58. The topological polar surface area (TPSA) is 118 Å². The highest BCUT2D eigenvalue weighted by atomic mass is 16.5. The number of aromatic nitrogens is 2. The highest BCUT2D eigenvalue weighted by Gasteiger charge is 2.45. The van der Waals surface area contributed by atoms with Crippen LogP contribution >= 0.6 is 0 Å². The Bertz CT molecular complexity index is 1290. The number of fused-ring (bicyclic) bond motifs is 2. The molecular formula is C26H27N5O3. The summed E-state index contributed by atoms with van der Waals surface area (Å²) in [5.41, 5.74) is 10.1. The van der Waals surface area contributed by atoms with Gasteiger partial charge in [0.15, 0.2) is 0 Å². The van der Waals surface area contributed by atoms with Crippen LogP contribution in [0.2, 0.25) is 0 Å². The van der Waals surface area contributed by atoms with Crippen molar-refractivity contribution in [3.63, 3.8) is 0 Å². The highest BCUT2D eigenvalue weighted by Crippen LogP contribution is 2.48. The number of rotatable bonds is 5. The van der Waals surface area contributed by atoms with Crippen molar-refractivity contribution < 1.29 is 14.1 Å². The van der Waals surface area contributed by atoms with Crippen LogP contribution in [0, 0.1) is 11.3 Å². The van der Waals surface area contributed by atoms with Gasteiger partial charge in [-0.2, -0.15) is 10.2 Å². The molecule has 34 heavy (non-hydrogen) atoms. The zero-order valence-electron chi connectivity index (χ0n) is 19.4. The molecule has 1 aliphatic heterocycles. The number of carbonyl (C=O) groups is 1. The third kappa shape index (κ3) is 3.72. The summed E-state index contributed by atoms with van der Waals surface area (Å²) in [6.45, 7) is 5.33. The summed E-state index contributed by atoms with van der Waals surface area (Å²) in [5.74, 6) is 1.42. The number of ether oxygens (including phenoxy) is 1. The van der Waals surface area contributed by atoms with Gasteiger partial charge in [0.1, 0.15) is 11.8 Å². The number of benzene rings is 2. The molecule has 2 aromatic carbocycles. The van der Waals surface area contributed by atoms with E-state index in [1.54, 1.807) is 12.1 Å². The second kappa shape index (κ2) is 8.58. The minimum absolute atomic E-state index is 0.00541. The number of amides is 1. The van der Waals surface area contributed by atoms with Gasteiger partial charge in [-0.05, 0) is 62.4 Å². The second-order valence-corrected chi connectivity index (χ2v) is 9.29. The van der Waals surface area contributed by atoms with E-state index in [9.17, 15) is 10.1 Å². The van der Waals surface area contributed by atoms with E-state index in [2.05, 4.69) is 22.3 Å². The van der Waals surface area contributed by atoms with E-state index in [0.717, 1.165) is 31.4 Å². The molecule has 8 heteroatoms. The average molecular weight is 458 g/mol. The van der Waals surface area contributed by atoms with Gasteiger partial charge in [0.2, 0.25) is 11.7 Å². The summed E-state index contributed by atoms with van der Waals surface area (Å²) in [6.07, 6.45) is 2.80.